The zero-order valence-corrected chi connectivity index (χ0v) is 61.9. The van der Waals surface area contributed by atoms with Gasteiger partial charge in [-0.3, -0.25) is 0 Å². The van der Waals surface area contributed by atoms with Gasteiger partial charge in [0.25, 0.3) is 0 Å². The molecule has 0 bridgehead atoms. The third kappa shape index (κ3) is 31.2. The minimum Gasteiger partial charge on any atom is -0.479 e. The van der Waals surface area contributed by atoms with E-state index in [1.807, 2.05) is 69.2 Å². The lowest BCUT2D eigenvalue weighted by Gasteiger charge is -2.12. The van der Waals surface area contributed by atoms with Crippen molar-refractivity contribution in [2.24, 2.45) is 17.8 Å². The Balaban J connectivity index is 0.000000595. The molecule has 35 N–H and O–H groups in total. The number of aromatic nitrogens is 14. The van der Waals surface area contributed by atoms with Gasteiger partial charge in [0.2, 0.25) is 82.8 Å². The minimum absolute atomic E-state index is 0.141. The fourth-order valence-electron chi connectivity index (χ4n) is 7.16. The monoisotopic (exact) mass is 1440 g/mol. The Bertz CT molecular complexity index is 3480. The van der Waals surface area contributed by atoms with Crippen LogP contribution in [0.4, 0.5) is 122 Å². The van der Waals surface area contributed by atoms with E-state index in [2.05, 4.69) is 121 Å². The van der Waals surface area contributed by atoms with Crippen molar-refractivity contribution < 1.29 is 33.2 Å². The molecule has 0 fully saturated rings. The predicted octanol–water partition coefficient (Wildman–Crippen LogP) is 4.43. The number of nitrogens with one attached hydrogen (secondary N) is 7. The molecule has 0 aliphatic heterocycles. The highest BCUT2D eigenvalue weighted by Gasteiger charge is 2.17. The second-order valence-corrected chi connectivity index (χ2v) is 21.9. The molecule has 0 unspecified atom stereocenters. The first kappa shape index (κ1) is 88.0. The van der Waals surface area contributed by atoms with E-state index in [4.69, 9.17) is 113 Å². The van der Waals surface area contributed by atoms with Crippen molar-refractivity contribution in [3.05, 3.63) is 0 Å². The van der Waals surface area contributed by atoms with Crippen LogP contribution in [0.2, 0.25) is 0 Å². The average molecular weight is 1440 g/mol. The summed E-state index contributed by atoms with van der Waals surface area (Å²) in [6.07, 6.45) is 2.72. The first-order valence-corrected chi connectivity index (χ1v) is 32.6. The third-order valence-electron chi connectivity index (χ3n) is 11.9. The summed E-state index contributed by atoms with van der Waals surface area (Å²) >= 11 is 0. The molecular formula is C60H113N35O7. The molecular weight excluding hydrogens is 1320 g/mol. The number of nitrogens with zero attached hydrogens (tertiary/aromatic N) is 14. The van der Waals surface area contributed by atoms with Gasteiger partial charge in [-0.05, 0) is 64.7 Å². The van der Waals surface area contributed by atoms with E-state index in [1.165, 1.54) is 7.11 Å². The van der Waals surface area contributed by atoms with Gasteiger partial charge in [0.15, 0.2) is 40.7 Å². The number of anilines is 21. The maximum absolute atomic E-state index is 5.81. The molecule has 0 aromatic carbocycles. The molecule has 7 aromatic heterocycles. The molecule has 0 radical (unpaired) electrons. The summed E-state index contributed by atoms with van der Waals surface area (Å²) in [5.41, 5.74) is 81.6. The molecule has 0 atom stereocenters. The largest absolute Gasteiger partial charge is 0.479 e. The third-order valence-corrected chi connectivity index (χ3v) is 11.9. The van der Waals surface area contributed by atoms with E-state index >= 15 is 0 Å². The Morgan fingerprint density at radius 2 is 0.510 bits per heavy atom. The molecule has 7 rings (SSSR count). The number of hydrogen-bond acceptors (Lipinski definition) is 42. The fraction of sp³-hybridized carbons (Fsp3) is 0.533. The lowest BCUT2D eigenvalue weighted by molar-refractivity contribution is 0.263. The number of rotatable bonds is 29. The van der Waals surface area contributed by atoms with E-state index in [1.54, 1.807) is 28.2 Å². The summed E-state index contributed by atoms with van der Waals surface area (Å²) in [7, 11) is 8.33. The lowest BCUT2D eigenvalue weighted by atomic mass is 10.1. The standard InChI is InChI=1S/C10H19N5O.3C9H17N5O.2C8H15N5O.C7H13N5O/c1-6(2)4-5-16-9-7(11)8(13-3)14-10(12)15-9;2*1-5(2)4-15-8-6(10)7(12-3)13-9(11)14-8;1-3-5-15-8-6(10)7(12-4-2)13-9(11)14-8;1-3-4-14-7-5(9)6(11-2)12-8(10)13-7;1-3-11-6-5(9)7(14-4-2)13-8(10)12-6;1-3-10-5-4(8)6(13-2)12-7(9)11-5/h6H,4-5,11H2,1-3H3,(H3,12,13,14,15);2*5H,4,10H2,1-3H3,(H3,11,12,13,14);3-5,10H2,1-2H3,(H3,11,12,13,14);2*3-4,9H2,1-2H3,(H3,10,11,12,13);3,8H2,1-2H3,(H3,9,10,11,12). The first-order valence-electron chi connectivity index (χ1n) is 32.6. The van der Waals surface area contributed by atoms with Crippen molar-refractivity contribution in [3.63, 3.8) is 0 Å². The first-order chi connectivity index (χ1) is 48.4. The maximum Gasteiger partial charge on any atom is 0.244 e. The molecule has 0 aliphatic rings. The van der Waals surface area contributed by atoms with Crippen LogP contribution in [0.3, 0.4) is 0 Å². The van der Waals surface area contributed by atoms with Crippen LogP contribution in [0.25, 0.3) is 0 Å². The molecule has 102 heavy (non-hydrogen) atoms. The highest BCUT2D eigenvalue weighted by molar-refractivity contribution is 5.73. The van der Waals surface area contributed by atoms with Gasteiger partial charge in [-0.25, -0.2) is 0 Å². The molecule has 42 heteroatoms. The summed E-state index contributed by atoms with van der Waals surface area (Å²) in [5, 5.41) is 20.2. The van der Waals surface area contributed by atoms with Crippen molar-refractivity contribution in [1.82, 2.24) is 69.8 Å². The second-order valence-electron chi connectivity index (χ2n) is 21.9. The Hall–Kier alpha value is -12.0. The van der Waals surface area contributed by atoms with Gasteiger partial charge in [0, 0.05) is 47.8 Å². The quantitative estimate of drug-likeness (QED) is 0.0308. The highest BCUT2D eigenvalue weighted by atomic mass is 16.5. The molecule has 42 nitrogen and oxygen atoms in total. The Morgan fingerprint density at radius 1 is 0.284 bits per heavy atom. The molecule has 570 valence electrons. The van der Waals surface area contributed by atoms with Gasteiger partial charge >= 0.3 is 0 Å². The normalized spacial score (nSPS) is 10.1. The van der Waals surface area contributed by atoms with E-state index in [0.717, 1.165) is 19.3 Å². The van der Waals surface area contributed by atoms with Crippen molar-refractivity contribution >= 4 is 122 Å². The molecule has 0 spiro atoms. The number of nitrogen functional groups attached to an aromatic ring is 14. The van der Waals surface area contributed by atoms with Gasteiger partial charge in [0.1, 0.15) is 39.8 Å². The maximum atomic E-state index is 5.81. The summed E-state index contributed by atoms with van der Waals surface area (Å²) in [6, 6.07) is 0. The second kappa shape index (κ2) is 47.0. The zero-order chi connectivity index (χ0) is 77.2. The van der Waals surface area contributed by atoms with E-state index < -0.39 is 0 Å². The van der Waals surface area contributed by atoms with Crippen molar-refractivity contribution in [2.45, 2.75) is 102 Å². The smallest absolute Gasteiger partial charge is 0.244 e. The van der Waals surface area contributed by atoms with E-state index in [-0.39, 0.29) is 41.6 Å². The molecule has 0 amide bonds. The highest BCUT2D eigenvalue weighted by Crippen LogP contribution is 2.32. The zero-order valence-electron chi connectivity index (χ0n) is 61.9. The van der Waals surface area contributed by atoms with Crippen molar-refractivity contribution in [3.8, 4) is 41.2 Å². The van der Waals surface area contributed by atoms with Crippen LogP contribution in [0, 0.1) is 17.8 Å². The summed E-state index contributed by atoms with van der Waals surface area (Å²) < 4.78 is 37.1. The Morgan fingerprint density at radius 3 is 0.735 bits per heavy atom. The molecule has 0 aliphatic carbocycles. The van der Waals surface area contributed by atoms with Gasteiger partial charge < -0.3 is 151 Å². The van der Waals surface area contributed by atoms with Crippen LogP contribution in [-0.2, 0) is 0 Å². The van der Waals surface area contributed by atoms with Gasteiger partial charge in [0.05, 0.1) is 46.8 Å². The molecule has 7 heterocycles. The van der Waals surface area contributed by atoms with Gasteiger partial charge in [-0.2, -0.15) is 69.8 Å². The van der Waals surface area contributed by atoms with E-state index in [0.29, 0.717) is 199 Å². The van der Waals surface area contributed by atoms with Crippen LogP contribution in [0.1, 0.15) is 102 Å². The van der Waals surface area contributed by atoms with Crippen LogP contribution in [0.5, 0.6) is 41.2 Å². The number of hydrogen-bond donors (Lipinski definition) is 21. The van der Waals surface area contributed by atoms with Crippen molar-refractivity contribution in [1.29, 1.82) is 0 Å². The van der Waals surface area contributed by atoms with Crippen LogP contribution in [0.15, 0.2) is 0 Å². The predicted molar refractivity (Wildman–Crippen MR) is 412 cm³/mol. The number of methoxy groups -OCH3 is 1. The minimum atomic E-state index is 0.141. The molecule has 0 saturated heterocycles. The Kier molecular flexibility index (Phi) is 40.6. The van der Waals surface area contributed by atoms with E-state index in [9.17, 15) is 0 Å². The summed E-state index contributed by atoms with van der Waals surface area (Å²) in [5.74, 6) is 8.24. The fourth-order valence-corrected chi connectivity index (χ4v) is 7.16. The van der Waals surface area contributed by atoms with Crippen LogP contribution >= 0.6 is 0 Å². The van der Waals surface area contributed by atoms with Crippen LogP contribution < -0.4 is 151 Å². The average Bonchev–Trinajstić information content (AvgIpc) is 0.903. The summed E-state index contributed by atoms with van der Waals surface area (Å²) in [6.45, 7) is 29.5. The SMILES string of the molecule is CCCOc1nc(N)nc(NC)c1N.CCCOc1nc(N)nc(NCC)c1N.CCNc1nc(N)nc(OC)c1N.CCNc1nc(N)nc(OCC)c1N.CNc1nc(N)nc(OCC(C)C)c1N.CNc1nc(N)nc(OCC(C)C)c1N.CNc1nc(N)nc(OCCC(C)C)c1N. The lowest BCUT2D eigenvalue weighted by Crippen LogP contribution is -2.11. The Labute approximate surface area is 596 Å². The van der Waals surface area contributed by atoms with Gasteiger partial charge in [-0.15, -0.1) is 0 Å². The van der Waals surface area contributed by atoms with Crippen LogP contribution in [-0.4, -0.2) is 164 Å². The number of nitrogens with two attached hydrogens (primary N) is 14. The van der Waals surface area contributed by atoms with Crippen molar-refractivity contribution in [2.75, 3.05) is 212 Å². The number of ether oxygens (including phenoxy) is 7. The summed E-state index contributed by atoms with van der Waals surface area (Å²) in [4.78, 5) is 54.9. The molecule has 7 aromatic rings. The topological polar surface area (TPSA) is 694 Å². The van der Waals surface area contributed by atoms with Gasteiger partial charge in [-0.1, -0.05) is 55.4 Å². The molecule has 0 saturated carbocycles.